The normalized spacial score (nSPS) is 31.3. The summed E-state index contributed by atoms with van der Waals surface area (Å²) in [5.41, 5.74) is 0. The van der Waals surface area contributed by atoms with Gasteiger partial charge in [0.1, 0.15) is 0 Å². The largest absolute Gasteiger partial charge is 0.314 e. The molecule has 1 aliphatic carbocycles. The predicted molar refractivity (Wildman–Crippen MR) is 61.5 cm³/mol. The van der Waals surface area contributed by atoms with Gasteiger partial charge in [0.25, 0.3) is 0 Å². The zero-order valence-electron chi connectivity index (χ0n) is 9.43. The Bertz CT molecular complexity index is 141. The van der Waals surface area contributed by atoms with Crippen molar-refractivity contribution in [3.8, 4) is 0 Å². The molecule has 0 radical (unpaired) electrons. The second-order valence-corrected chi connectivity index (χ2v) is 5.24. The molecular formula is C13H25N. The van der Waals surface area contributed by atoms with Crippen LogP contribution in [0.4, 0.5) is 0 Å². The molecule has 1 unspecified atom stereocenters. The Morgan fingerprint density at radius 3 is 2.36 bits per heavy atom. The van der Waals surface area contributed by atoms with E-state index in [0.29, 0.717) is 0 Å². The van der Waals surface area contributed by atoms with E-state index in [0.717, 1.165) is 12.0 Å². The van der Waals surface area contributed by atoms with Crippen LogP contribution in [0.1, 0.15) is 64.2 Å². The summed E-state index contributed by atoms with van der Waals surface area (Å²) < 4.78 is 0. The molecule has 0 spiro atoms. The lowest BCUT2D eigenvalue weighted by atomic mass is 9.84. The molecule has 0 aromatic heterocycles. The van der Waals surface area contributed by atoms with Crippen LogP contribution in [0.3, 0.4) is 0 Å². The smallest absolute Gasteiger partial charge is 0.00697 e. The van der Waals surface area contributed by atoms with Crippen LogP contribution in [0, 0.1) is 5.92 Å². The van der Waals surface area contributed by atoms with Crippen LogP contribution in [-0.2, 0) is 0 Å². The van der Waals surface area contributed by atoms with E-state index in [4.69, 9.17) is 0 Å². The zero-order valence-corrected chi connectivity index (χ0v) is 9.43. The molecule has 2 aliphatic rings. The monoisotopic (exact) mass is 195 g/mol. The van der Waals surface area contributed by atoms with Crippen molar-refractivity contribution in [1.29, 1.82) is 0 Å². The molecular weight excluding hydrogens is 170 g/mol. The van der Waals surface area contributed by atoms with Crippen molar-refractivity contribution in [2.75, 3.05) is 6.54 Å². The summed E-state index contributed by atoms with van der Waals surface area (Å²) in [6, 6.07) is 0.862. The molecule has 2 fully saturated rings. The molecule has 1 nitrogen and oxygen atoms in total. The van der Waals surface area contributed by atoms with Gasteiger partial charge in [-0.2, -0.15) is 0 Å². The highest BCUT2D eigenvalue weighted by Crippen LogP contribution is 2.28. The maximum absolute atomic E-state index is 3.73. The number of hydrogen-bond donors (Lipinski definition) is 1. The minimum absolute atomic E-state index is 0.862. The van der Waals surface area contributed by atoms with Gasteiger partial charge >= 0.3 is 0 Å². The first-order chi connectivity index (χ1) is 6.95. The van der Waals surface area contributed by atoms with Gasteiger partial charge in [-0.3, -0.25) is 0 Å². The van der Waals surface area contributed by atoms with Crippen molar-refractivity contribution in [3.63, 3.8) is 0 Å². The molecule has 1 heterocycles. The highest BCUT2D eigenvalue weighted by Gasteiger charge is 2.19. The van der Waals surface area contributed by atoms with Crippen LogP contribution in [0.15, 0.2) is 0 Å². The van der Waals surface area contributed by atoms with Gasteiger partial charge in [-0.25, -0.2) is 0 Å². The molecule has 1 saturated carbocycles. The first-order valence-electron chi connectivity index (χ1n) is 6.68. The average molecular weight is 195 g/mol. The van der Waals surface area contributed by atoms with Gasteiger partial charge in [0, 0.05) is 6.04 Å². The molecule has 1 aliphatic heterocycles. The lowest BCUT2D eigenvalue weighted by molar-refractivity contribution is 0.295. The van der Waals surface area contributed by atoms with E-state index in [2.05, 4.69) is 5.32 Å². The predicted octanol–water partition coefficient (Wildman–Crippen LogP) is 3.49. The summed E-state index contributed by atoms with van der Waals surface area (Å²) in [6.07, 6.45) is 14.7. The molecule has 0 aromatic carbocycles. The quantitative estimate of drug-likeness (QED) is 0.711. The molecule has 0 amide bonds. The second kappa shape index (κ2) is 5.75. The Kier molecular flexibility index (Phi) is 4.30. The summed E-state index contributed by atoms with van der Waals surface area (Å²) in [5.74, 6) is 1.05. The summed E-state index contributed by atoms with van der Waals surface area (Å²) in [4.78, 5) is 0. The summed E-state index contributed by atoms with van der Waals surface area (Å²) in [5, 5.41) is 3.73. The third kappa shape index (κ3) is 3.27. The van der Waals surface area contributed by atoms with Crippen molar-refractivity contribution in [3.05, 3.63) is 0 Å². The Morgan fingerprint density at radius 2 is 1.50 bits per heavy atom. The summed E-state index contributed by atoms with van der Waals surface area (Å²) in [7, 11) is 0. The van der Waals surface area contributed by atoms with E-state index in [9.17, 15) is 0 Å². The number of nitrogens with one attached hydrogen (secondary N) is 1. The fraction of sp³-hybridized carbons (Fsp3) is 1.00. The molecule has 1 heteroatoms. The van der Waals surface area contributed by atoms with Gasteiger partial charge in [0.05, 0.1) is 0 Å². The van der Waals surface area contributed by atoms with Crippen molar-refractivity contribution in [2.45, 2.75) is 70.3 Å². The average Bonchev–Trinajstić information content (AvgIpc) is 2.48. The maximum atomic E-state index is 3.73. The van der Waals surface area contributed by atoms with Crippen molar-refractivity contribution >= 4 is 0 Å². The molecule has 1 saturated heterocycles. The minimum Gasteiger partial charge on any atom is -0.314 e. The van der Waals surface area contributed by atoms with Gasteiger partial charge in [0.2, 0.25) is 0 Å². The van der Waals surface area contributed by atoms with E-state index in [1.54, 1.807) is 0 Å². The van der Waals surface area contributed by atoms with Crippen LogP contribution < -0.4 is 5.32 Å². The van der Waals surface area contributed by atoms with Gasteiger partial charge in [0.15, 0.2) is 0 Å². The van der Waals surface area contributed by atoms with Crippen molar-refractivity contribution in [1.82, 2.24) is 5.32 Å². The Labute approximate surface area is 88.7 Å². The van der Waals surface area contributed by atoms with Crippen LogP contribution >= 0.6 is 0 Å². The lowest BCUT2D eigenvalue weighted by Crippen LogP contribution is -2.30. The van der Waals surface area contributed by atoms with Gasteiger partial charge < -0.3 is 5.32 Å². The Balaban J connectivity index is 1.71. The molecule has 1 N–H and O–H groups in total. The van der Waals surface area contributed by atoms with E-state index in [1.807, 2.05) is 0 Å². The molecule has 1 atom stereocenters. The van der Waals surface area contributed by atoms with Gasteiger partial charge in [-0.15, -0.1) is 0 Å². The van der Waals surface area contributed by atoms with Gasteiger partial charge in [-0.05, 0) is 31.7 Å². The maximum Gasteiger partial charge on any atom is 0.00697 e. The number of rotatable bonds is 2. The number of hydrogen-bond acceptors (Lipinski definition) is 1. The highest BCUT2D eigenvalue weighted by molar-refractivity contribution is 4.76. The van der Waals surface area contributed by atoms with E-state index >= 15 is 0 Å². The molecule has 0 aromatic rings. The van der Waals surface area contributed by atoms with E-state index < -0.39 is 0 Å². The first kappa shape index (κ1) is 10.5. The summed E-state index contributed by atoms with van der Waals surface area (Å²) >= 11 is 0. The van der Waals surface area contributed by atoms with E-state index in [1.165, 1.54) is 70.8 Å². The zero-order chi connectivity index (χ0) is 9.64. The first-order valence-corrected chi connectivity index (χ1v) is 6.68. The Hall–Kier alpha value is -0.0400. The van der Waals surface area contributed by atoms with Crippen LogP contribution in [-0.4, -0.2) is 12.6 Å². The third-order valence-electron chi connectivity index (χ3n) is 4.00. The fourth-order valence-electron chi connectivity index (χ4n) is 3.13. The highest BCUT2D eigenvalue weighted by atomic mass is 14.9. The molecule has 82 valence electrons. The minimum atomic E-state index is 0.862. The third-order valence-corrected chi connectivity index (χ3v) is 4.00. The molecule has 0 bridgehead atoms. The SMILES string of the molecule is C1CCC(CC2CCCCCN2)CC1. The van der Waals surface area contributed by atoms with Crippen LogP contribution in [0.25, 0.3) is 0 Å². The van der Waals surface area contributed by atoms with Crippen LogP contribution in [0.2, 0.25) is 0 Å². The van der Waals surface area contributed by atoms with E-state index in [-0.39, 0.29) is 0 Å². The topological polar surface area (TPSA) is 12.0 Å². The summed E-state index contributed by atoms with van der Waals surface area (Å²) in [6.45, 7) is 1.28. The standard InChI is InChI=1S/C13H25N/c1-3-7-12(8-4-1)11-13-9-5-2-6-10-14-13/h12-14H,1-11H2. The fourth-order valence-corrected chi connectivity index (χ4v) is 3.13. The lowest BCUT2D eigenvalue weighted by Gasteiger charge is -2.26. The second-order valence-electron chi connectivity index (χ2n) is 5.24. The van der Waals surface area contributed by atoms with Crippen LogP contribution in [0.5, 0.6) is 0 Å². The molecule has 14 heavy (non-hydrogen) atoms. The van der Waals surface area contributed by atoms with Gasteiger partial charge in [-0.1, -0.05) is 44.9 Å². The molecule has 2 rings (SSSR count). The van der Waals surface area contributed by atoms with Crippen molar-refractivity contribution < 1.29 is 0 Å². The Morgan fingerprint density at radius 1 is 0.786 bits per heavy atom. The van der Waals surface area contributed by atoms with Crippen molar-refractivity contribution in [2.24, 2.45) is 5.92 Å².